The van der Waals surface area contributed by atoms with Crippen molar-refractivity contribution in [1.29, 1.82) is 0 Å². The summed E-state index contributed by atoms with van der Waals surface area (Å²) in [4.78, 5) is 26.4. The van der Waals surface area contributed by atoms with Crippen LogP contribution in [0.2, 0.25) is 0 Å². The quantitative estimate of drug-likeness (QED) is 0.908. The predicted octanol–water partition coefficient (Wildman–Crippen LogP) is 2.30. The van der Waals surface area contributed by atoms with Crippen molar-refractivity contribution in [3.8, 4) is 0 Å². The maximum absolute atomic E-state index is 12.4. The Morgan fingerprint density at radius 1 is 1.17 bits per heavy atom. The van der Waals surface area contributed by atoms with E-state index in [0.717, 1.165) is 18.5 Å². The molecule has 1 aliphatic rings. The van der Waals surface area contributed by atoms with Gasteiger partial charge in [-0.1, -0.05) is 18.2 Å². The number of piperidine rings is 1. The van der Waals surface area contributed by atoms with Crippen molar-refractivity contribution in [2.75, 3.05) is 23.7 Å². The molecule has 3 rings (SSSR count). The fourth-order valence-corrected chi connectivity index (χ4v) is 2.81. The summed E-state index contributed by atoms with van der Waals surface area (Å²) in [6.45, 7) is 1.07. The summed E-state index contributed by atoms with van der Waals surface area (Å²) in [5.74, 6) is 0.224. The van der Waals surface area contributed by atoms with Crippen LogP contribution in [0.4, 0.5) is 16.3 Å². The Hall–Kier alpha value is -2.83. The first-order valence-corrected chi connectivity index (χ1v) is 8.03. The van der Waals surface area contributed by atoms with Crippen molar-refractivity contribution in [1.82, 2.24) is 14.7 Å². The Balaban J connectivity index is 1.57. The fourth-order valence-electron chi connectivity index (χ4n) is 2.81. The lowest BCUT2D eigenvalue weighted by molar-refractivity contribution is -0.121. The number of benzene rings is 1. The Morgan fingerprint density at radius 3 is 2.67 bits per heavy atom. The minimum atomic E-state index is -0.220. The summed E-state index contributed by atoms with van der Waals surface area (Å²) in [5, 5.41) is 9.82. The summed E-state index contributed by atoms with van der Waals surface area (Å²) in [6.07, 6.45) is 3.35. The number of carbonyl (C=O) groups excluding carboxylic acids is 2. The third-order valence-corrected chi connectivity index (χ3v) is 4.07. The Morgan fingerprint density at radius 2 is 1.96 bits per heavy atom. The monoisotopic (exact) mass is 327 g/mol. The highest BCUT2D eigenvalue weighted by atomic mass is 16.2. The highest BCUT2D eigenvalue weighted by Crippen LogP contribution is 2.19. The summed E-state index contributed by atoms with van der Waals surface area (Å²) in [7, 11) is 1.80. The van der Waals surface area contributed by atoms with Gasteiger partial charge in [0.05, 0.1) is 5.92 Å². The van der Waals surface area contributed by atoms with E-state index < -0.39 is 0 Å². The first-order chi connectivity index (χ1) is 11.6. The van der Waals surface area contributed by atoms with E-state index in [0.29, 0.717) is 18.9 Å². The largest absolute Gasteiger partial charge is 0.324 e. The molecule has 3 amide bonds. The molecular weight excluding hydrogens is 306 g/mol. The minimum absolute atomic E-state index is 0.0917. The van der Waals surface area contributed by atoms with E-state index >= 15 is 0 Å². The molecule has 0 spiro atoms. The van der Waals surface area contributed by atoms with Crippen LogP contribution in [-0.2, 0) is 11.8 Å². The molecule has 1 atom stereocenters. The average Bonchev–Trinajstić information content (AvgIpc) is 3.00. The zero-order valence-electron chi connectivity index (χ0n) is 13.6. The van der Waals surface area contributed by atoms with Crippen molar-refractivity contribution in [2.24, 2.45) is 13.0 Å². The molecule has 2 aromatic rings. The molecule has 126 valence electrons. The van der Waals surface area contributed by atoms with Crippen molar-refractivity contribution in [2.45, 2.75) is 12.8 Å². The van der Waals surface area contributed by atoms with Crippen LogP contribution in [-0.4, -0.2) is 39.7 Å². The Bertz CT molecular complexity index is 713. The van der Waals surface area contributed by atoms with Crippen LogP contribution in [0, 0.1) is 5.92 Å². The van der Waals surface area contributed by atoms with Gasteiger partial charge in [0.25, 0.3) is 0 Å². The lowest BCUT2D eigenvalue weighted by Crippen LogP contribution is -2.45. The maximum atomic E-state index is 12.4. The SMILES string of the molecule is Cn1ccc(NC(=O)C2CCCN(C(=O)Nc3ccccc3)C2)n1. The third-order valence-electron chi connectivity index (χ3n) is 4.07. The molecular formula is C17H21N5O2. The zero-order valence-corrected chi connectivity index (χ0v) is 13.6. The van der Waals surface area contributed by atoms with Crippen LogP contribution in [0.15, 0.2) is 42.6 Å². The number of aryl methyl sites for hydroxylation is 1. The van der Waals surface area contributed by atoms with Crippen LogP contribution in [0.3, 0.4) is 0 Å². The van der Waals surface area contributed by atoms with E-state index in [9.17, 15) is 9.59 Å². The van der Waals surface area contributed by atoms with Gasteiger partial charge in [-0.2, -0.15) is 5.10 Å². The smallest absolute Gasteiger partial charge is 0.321 e. The molecule has 0 saturated carbocycles. The maximum Gasteiger partial charge on any atom is 0.321 e. The molecule has 7 heteroatoms. The lowest BCUT2D eigenvalue weighted by Gasteiger charge is -2.31. The first kappa shape index (κ1) is 16.0. The number of nitrogens with one attached hydrogen (secondary N) is 2. The van der Waals surface area contributed by atoms with E-state index in [1.165, 1.54) is 0 Å². The van der Waals surface area contributed by atoms with Crippen molar-refractivity contribution in [3.05, 3.63) is 42.6 Å². The van der Waals surface area contributed by atoms with E-state index in [2.05, 4.69) is 15.7 Å². The second-order valence-electron chi connectivity index (χ2n) is 5.95. The molecule has 1 saturated heterocycles. The van der Waals surface area contributed by atoms with Gasteiger partial charge in [-0.15, -0.1) is 0 Å². The van der Waals surface area contributed by atoms with E-state index in [1.807, 2.05) is 30.3 Å². The number of amides is 3. The van der Waals surface area contributed by atoms with Crippen molar-refractivity contribution >= 4 is 23.4 Å². The van der Waals surface area contributed by atoms with Gasteiger partial charge >= 0.3 is 6.03 Å². The molecule has 1 aromatic carbocycles. The molecule has 2 N–H and O–H groups in total. The number of carbonyl (C=O) groups is 2. The molecule has 0 bridgehead atoms. The summed E-state index contributed by atoms with van der Waals surface area (Å²) < 4.78 is 1.64. The number of anilines is 2. The Kier molecular flexibility index (Phi) is 4.79. The van der Waals surface area contributed by atoms with Gasteiger partial charge in [0.2, 0.25) is 5.91 Å². The van der Waals surface area contributed by atoms with E-state index in [1.54, 1.807) is 28.9 Å². The summed E-state index contributed by atoms with van der Waals surface area (Å²) in [6, 6.07) is 10.9. The minimum Gasteiger partial charge on any atom is -0.324 e. The number of hydrogen-bond acceptors (Lipinski definition) is 3. The number of nitrogens with zero attached hydrogens (tertiary/aromatic N) is 3. The molecule has 1 fully saturated rings. The molecule has 0 aliphatic carbocycles. The standard InChI is InChI=1S/C17H21N5O2/c1-21-11-9-15(20-21)19-16(23)13-6-5-10-22(12-13)17(24)18-14-7-3-2-4-8-14/h2-4,7-9,11,13H,5-6,10,12H2,1H3,(H,18,24)(H,19,20,23). The molecule has 1 unspecified atom stereocenters. The second kappa shape index (κ2) is 7.16. The van der Waals surface area contributed by atoms with Crippen LogP contribution in [0.5, 0.6) is 0 Å². The van der Waals surface area contributed by atoms with Crippen molar-refractivity contribution in [3.63, 3.8) is 0 Å². The summed E-state index contributed by atoms with van der Waals surface area (Å²) in [5.41, 5.74) is 0.752. The zero-order chi connectivity index (χ0) is 16.9. The van der Waals surface area contributed by atoms with Gasteiger partial charge in [-0.05, 0) is 25.0 Å². The van der Waals surface area contributed by atoms with Gasteiger partial charge in [0, 0.05) is 38.1 Å². The first-order valence-electron chi connectivity index (χ1n) is 8.03. The summed E-state index contributed by atoms with van der Waals surface area (Å²) >= 11 is 0. The molecule has 1 aliphatic heterocycles. The normalized spacial score (nSPS) is 17.4. The highest BCUT2D eigenvalue weighted by molar-refractivity contribution is 5.93. The topological polar surface area (TPSA) is 79.3 Å². The number of likely N-dealkylation sites (tertiary alicyclic amines) is 1. The number of hydrogen-bond donors (Lipinski definition) is 2. The van der Waals surface area contributed by atoms with E-state index in [4.69, 9.17) is 0 Å². The van der Waals surface area contributed by atoms with Gasteiger partial charge in [0.15, 0.2) is 5.82 Å². The van der Waals surface area contributed by atoms with Crippen LogP contribution >= 0.6 is 0 Å². The van der Waals surface area contributed by atoms with Gasteiger partial charge in [-0.3, -0.25) is 9.48 Å². The van der Waals surface area contributed by atoms with Crippen LogP contribution < -0.4 is 10.6 Å². The number of aromatic nitrogens is 2. The number of rotatable bonds is 3. The predicted molar refractivity (Wildman–Crippen MR) is 91.6 cm³/mol. The molecule has 7 nitrogen and oxygen atoms in total. The Labute approximate surface area is 140 Å². The second-order valence-corrected chi connectivity index (χ2v) is 5.95. The van der Waals surface area contributed by atoms with Crippen molar-refractivity contribution < 1.29 is 9.59 Å². The van der Waals surface area contributed by atoms with Gasteiger partial charge < -0.3 is 15.5 Å². The van der Waals surface area contributed by atoms with Gasteiger partial charge in [0.1, 0.15) is 0 Å². The number of para-hydroxylation sites is 1. The molecule has 0 radical (unpaired) electrons. The van der Waals surface area contributed by atoms with Crippen LogP contribution in [0.1, 0.15) is 12.8 Å². The van der Waals surface area contributed by atoms with Crippen LogP contribution in [0.25, 0.3) is 0 Å². The van der Waals surface area contributed by atoms with E-state index in [-0.39, 0.29) is 17.9 Å². The molecule has 2 heterocycles. The lowest BCUT2D eigenvalue weighted by atomic mass is 9.97. The fraction of sp³-hybridized carbons (Fsp3) is 0.353. The highest BCUT2D eigenvalue weighted by Gasteiger charge is 2.28. The van der Waals surface area contributed by atoms with Gasteiger partial charge in [-0.25, -0.2) is 4.79 Å². The molecule has 24 heavy (non-hydrogen) atoms. The molecule has 1 aromatic heterocycles. The number of urea groups is 1. The third kappa shape index (κ3) is 3.92. The average molecular weight is 327 g/mol.